The molecule has 0 aromatic carbocycles. The summed E-state index contributed by atoms with van der Waals surface area (Å²) in [5, 5.41) is 0. The monoisotopic (exact) mass is 428 g/mol. The minimum absolute atomic E-state index is 1.03. The number of fused-ring (bicyclic) bond motifs is 3. The van der Waals surface area contributed by atoms with E-state index in [-0.39, 0.29) is 0 Å². The topological polar surface area (TPSA) is 31.6 Å². The van der Waals surface area contributed by atoms with E-state index in [0.717, 1.165) is 9.21 Å². The Morgan fingerprint density at radius 3 is 1.79 bits per heavy atom. The number of rotatable bonds is 0. The van der Waals surface area contributed by atoms with Crippen molar-refractivity contribution >= 4 is 57.2 Å². The van der Waals surface area contributed by atoms with E-state index >= 15 is 0 Å². The molecule has 3 rings (SSSR count). The van der Waals surface area contributed by atoms with E-state index in [4.69, 9.17) is 0 Å². The summed E-state index contributed by atoms with van der Waals surface area (Å²) in [4.78, 5) is 6.60. The van der Waals surface area contributed by atoms with Gasteiger partial charge in [0.25, 0.3) is 0 Å². The normalized spacial score (nSPS) is 13.1. The average Bonchev–Trinajstić information content (AvgIpc) is 2.71. The van der Waals surface area contributed by atoms with Gasteiger partial charge in [0.05, 0.1) is 0 Å². The molecular weight excluding hydrogens is 424 g/mol. The Balaban J connectivity index is 2.37. The summed E-state index contributed by atoms with van der Waals surface area (Å²) in [6.45, 7) is 0. The first kappa shape index (κ1) is 9.41. The minimum atomic E-state index is 1.03. The van der Waals surface area contributed by atoms with Gasteiger partial charge in [-0.05, 0) is 0 Å². The third-order valence-electron chi connectivity index (χ3n) is 2.31. The molecule has 0 fully saturated rings. The molecule has 0 amide bonds. The van der Waals surface area contributed by atoms with Gasteiger partial charge >= 0.3 is 111 Å². The molecule has 1 aliphatic rings. The Morgan fingerprint density at radius 2 is 1.36 bits per heavy atom. The first-order chi connectivity index (χ1) is 6.66. The van der Waals surface area contributed by atoms with Crippen LogP contribution in [0.25, 0.3) is 11.4 Å². The number of halogens is 2. The van der Waals surface area contributed by atoms with Crippen molar-refractivity contribution in [3.8, 4) is 11.4 Å². The van der Waals surface area contributed by atoms with E-state index < -0.39 is 0 Å². The van der Waals surface area contributed by atoms with Crippen LogP contribution >= 0.6 is 31.9 Å². The van der Waals surface area contributed by atoms with Crippen LogP contribution in [0.4, 0.5) is 0 Å². The van der Waals surface area contributed by atoms with Crippen LogP contribution < -0.4 is 0 Å². The standard InChI is InChI=1S/C9H4Br2N2Te/c10-5-1-3-7(12-5)8-4(9(3)14)2-6(11)13-8/h1-2,12-13H. The molecule has 2 heterocycles. The third-order valence-corrected chi connectivity index (χ3v) is 4.42. The molecule has 5 heteroatoms. The molecule has 0 unspecified atom stereocenters. The fourth-order valence-corrected chi connectivity index (χ4v) is 3.51. The van der Waals surface area contributed by atoms with Crippen molar-refractivity contribution in [1.82, 2.24) is 9.97 Å². The fourth-order valence-electron chi connectivity index (χ4n) is 1.74. The summed E-state index contributed by atoms with van der Waals surface area (Å²) in [5.74, 6) is 0. The Labute approximate surface area is 110 Å². The van der Waals surface area contributed by atoms with Crippen molar-refractivity contribution in [3.63, 3.8) is 0 Å². The summed E-state index contributed by atoms with van der Waals surface area (Å²) in [7, 11) is 0. The molecule has 1 aliphatic carbocycles. The van der Waals surface area contributed by atoms with Crippen LogP contribution in [0.5, 0.6) is 0 Å². The Kier molecular flexibility index (Phi) is 2.07. The van der Waals surface area contributed by atoms with E-state index in [1.54, 1.807) is 0 Å². The van der Waals surface area contributed by atoms with Gasteiger partial charge in [0.15, 0.2) is 0 Å². The predicted molar refractivity (Wildman–Crippen MR) is 64.9 cm³/mol. The van der Waals surface area contributed by atoms with Crippen molar-refractivity contribution in [1.29, 1.82) is 0 Å². The summed E-state index contributed by atoms with van der Waals surface area (Å²) >= 11 is 8.97. The van der Waals surface area contributed by atoms with Crippen LogP contribution in [0.3, 0.4) is 0 Å². The van der Waals surface area contributed by atoms with Gasteiger partial charge in [0.2, 0.25) is 0 Å². The second kappa shape index (κ2) is 3.08. The van der Waals surface area contributed by atoms with E-state index in [0.29, 0.717) is 0 Å². The van der Waals surface area contributed by atoms with Crippen LogP contribution in [0, 0.1) is 0 Å². The van der Waals surface area contributed by atoms with Gasteiger partial charge in [-0.25, -0.2) is 0 Å². The molecule has 2 aromatic heterocycles. The molecule has 70 valence electrons. The average molecular weight is 428 g/mol. The Morgan fingerprint density at radius 1 is 0.929 bits per heavy atom. The zero-order chi connectivity index (χ0) is 9.87. The van der Waals surface area contributed by atoms with Crippen molar-refractivity contribution in [2.45, 2.75) is 0 Å². The summed E-state index contributed by atoms with van der Waals surface area (Å²) < 4.78 is 3.38. The number of aromatic nitrogens is 2. The van der Waals surface area contributed by atoms with E-state index in [1.807, 2.05) is 0 Å². The van der Waals surface area contributed by atoms with Crippen LogP contribution in [0.15, 0.2) is 21.3 Å². The molecule has 2 N–H and O–H groups in total. The van der Waals surface area contributed by atoms with E-state index in [2.05, 4.69) is 75.8 Å². The first-order valence-electron chi connectivity index (χ1n) is 3.99. The maximum absolute atomic E-state index is 3.45. The molecule has 0 aliphatic heterocycles. The maximum atomic E-state index is 3.45. The second-order valence-electron chi connectivity index (χ2n) is 3.14. The SMILES string of the molecule is Brc1cc2c([nH]1)-c1[nH]c(Br)cc1C2=[Te]. The van der Waals surface area contributed by atoms with Crippen LogP contribution in [-0.2, 0) is 0 Å². The van der Waals surface area contributed by atoms with E-state index in [9.17, 15) is 0 Å². The number of aromatic amines is 2. The van der Waals surface area contributed by atoms with Crippen LogP contribution in [0.1, 0.15) is 11.1 Å². The quantitative estimate of drug-likeness (QED) is 0.517. The van der Waals surface area contributed by atoms with Gasteiger partial charge in [-0.1, -0.05) is 0 Å². The zero-order valence-corrected chi connectivity index (χ0v) is 12.3. The van der Waals surface area contributed by atoms with Gasteiger partial charge in [0, 0.05) is 0 Å². The number of hydrogen-bond donors (Lipinski definition) is 2. The Hall–Kier alpha value is 0.180. The number of hydrogen-bond acceptors (Lipinski definition) is 0. The third kappa shape index (κ3) is 1.16. The number of nitrogens with one attached hydrogen (secondary N) is 2. The van der Waals surface area contributed by atoms with Crippen LogP contribution in [0.2, 0.25) is 0 Å². The molecule has 0 atom stereocenters. The van der Waals surface area contributed by atoms with Gasteiger partial charge in [-0.3, -0.25) is 0 Å². The van der Waals surface area contributed by atoms with Crippen molar-refractivity contribution < 1.29 is 0 Å². The van der Waals surface area contributed by atoms with Gasteiger partial charge in [-0.2, -0.15) is 0 Å². The number of H-pyrrole nitrogens is 2. The molecule has 2 aromatic rings. The Bertz CT molecular complexity index is 505. The molecule has 0 bridgehead atoms. The molecule has 0 saturated heterocycles. The molecule has 0 saturated carbocycles. The first-order valence-corrected chi connectivity index (χ1v) is 6.74. The van der Waals surface area contributed by atoms with Crippen molar-refractivity contribution in [2.75, 3.05) is 0 Å². The van der Waals surface area contributed by atoms with Gasteiger partial charge in [-0.15, -0.1) is 0 Å². The predicted octanol–water partition coefficient (Wildman–Crippen LogP) is 2.59. The fraction of sp³-hybridized carbons (Fsp3) is 0. The molecule has 14 heavy (non-hydrogen) atoms. The molecule has 0 spiro atoms. The zero-order valence-electron chi connectivity index (χ0n) is 6.82. The van der Waals surface area contributed by atoms with Gasteiger partial charge in [0.1, 0.15) is 0 Å². The van der Waals surface area contributed by atoms with Crippen LogP contribution in [-0.4, -0.2) is 35.3 Å². The second-order valence-corrected chi connectivity index (χ2v) is 6.01. The molecular formula is C9H4Br2N2Te. The van der Waals surface area contributed by atoms with Crippen molar-refractivity contribution in [2.24, 2.45) is 0 Å². The summed E-state index contributed by atoms with van der Waals surface area (Å²) in [6, 6.07) is 4.24. The summed E-state index contributed by atoms with van der Waals surface area (Å²) in [5.41, 5.74) is 4.93. The molecule has 2 nitrogen and oxygen atoms in total. The summed E-state index contributed by atoms with van der Waals surface area (Å²) in [6.07, 6.45) is 0. The van der Waals surface area contributed by atoms with Gasteiger partial charge < -0.3 is 0 Å². The van der Waals surface area contributed by atoms with Crippen molar-refractivity contribution in [3.05, 3.63) is 32.5 Å². The molecule has 0 radical (unpaired) electrons. The van der Waals surface area contributed by atoms with E-state index in [1.165, 1.54) is 26.1 Å².